The molecule has 1 N–H and O–H groups in total. The molecule has 11 heteroatoms. The number of halogens is 3. The molecule has 0 atom stereocenters. The van der Waals surface area contributed by atoms with E-state index in [0.29, 0.717) is 15.7 Å². The number of nitrogens with zero attached hydrogens (tertiary/aromatic N) is 3. The highest BCUT2D eigenvalue weighted by Gasteiger charge is 2.24. The number of aromatic nitrogens is 3. The Hall–Kier alpha value is -2.49. The zero-order valence-electron chi connectivity index (χ0n) is 13.6. The van der Waals surface area contributed by atoms with E-state index in [0.717, 1.165) is 24.3 Å². The first-order valence-corrected chi connectivity index (χ1v) is 9.63. The van der Waals surface area contributed by atoms with Crippen LogP contribution in [0.5, 0.6) is 0 Å². The summed E-state index contributed by atoms with van der Waals surface area (Å²) in [6, 6.07) is 8.70. The van der Waals surface area contributed by atoms with Gasteiger partial charge in [0.1, 0.15) is 5.82 Å². The summed E-state index contributed by atoms with van der Waals surface area (Å²) in [5.41, 5.74) is 0.428. The lowest BCUT2D eigenvalue weighted by molar-refractivity contribution is 0.0976. The second-order valence-electron chi connectivity index (χ2n) is 5.42. The fourth-order valence-electron chi connectivity index (χ4n) is 2.26. The van der Waals surface area contributed by atoms with Gasteiger partial charge in [-0.05, 0) is 49.4 Å². The van der Waals surface area contributed by atoms with E-state index in [1.165, 1.54) is 17.7 Å². The molecule has 0 spiro atoms. The first-order chi connectivity index (χ1) is 12.7. The molecule has 0 aliphatic rings. The van der Waals surface area contributed by atoms with E-state index in [9.17, 15) is 17.6 Å². The third kappa shape index (κ3) is 3.95. The van der Waals surface area contributed by atoms with Crippen LogP contribution < -0.4 is 4.72 Å². The van der Waals surface area contributed by atoms with Crippen molar-refractivity contribution in [2.24, 2.45) is 0 Å². The minimum absolute atomic E-state index is 0.211. The van der Waals surface area contributed by atoms with Crippen molar-refractivity contribution in [3.63, 3.8) is 0 Å². The monoisotopic (exact) mass is 428 g/mol. The number of benzene rings is 2. The zero-order chi connectivity index (χ0) is 19.8. The number of sulfonamides is 1. The van der Waals surface area contributed by atoms with Gasteiger partial charge >= 0.3 is 0 Å². The van der Waals surface area contributed by atoms with Gasteiger partial charge in [-0.15, -0.1) is 5.10 Å². The first kappa shape index (κ1) is 19.3. The van der Waals surface area contributed by atoms with Crippen LogP contribution in [-0.4, -0.2) is 29.3 Å². The Morgan fingerprint density at radius 3 is 2.48 bits per heavy atom. The smallest absolute Gasteiger partial charge is 0.266 e. The molecule has 140 valence electrons. The molecule has 3 rings (SSSR count). The van der Waals surface area contributed by atoms with E-state index in [1.54, 1.807) is 12.1 Å². The summed E-state index contributed by atoms with van der Waals surface area (Å²) in [7, 11) is -4.20. The highest BCUT2D eigenvalue weighted by molar-refractivity contribution is 7.90. The molecule has 7 nitrogen and oxygen atoms in total. The van der Waals surface area contributed by atoms with Crippen LogP contribution in [0.1, 0.15) is 16.2 Å². The molecule has 0 aliphatic carbocycles. The molecule has 0 bridgehead atoms. The number of carbonyl (C=O) groups is 1. The normalized spacial score (nSPS) is 11.4. The Balaban J connectivity index is 1.91. The van der Waals surface area contributed by atoms with Crippen molar-refractivity contribution in [3.8, 4) is 5.69 Å². The van der Waals surface area contributed by atoms with E-state index in [1.807, 2.05) is 4.72 Å². The Kier molecular flexibility index (Phi) is 5.18. The van der Waals surface area contributed by atoms with Crippen LogP contribution >= 0.6 is 23.2 Å². The van der Waals surface area contributed by atoms with Gasteiger partial charge in [-0.25, -0.2) is 22.2 Å². The summed E-state index contributed by atoms with van der Waals surface area (Å²) in [5.74, 6) is -1.58. The van der Waals surface area contributed by atoms with Crippen LogP contribution in [0.15, 0.2) is 47.4 Å². The average Bonchev–Trinajstić information content (AvgIpc) is 2.98. The summed E-state index contributed by atoms with van der Waals surface area (Å²) in [4.78, 5) is 12.1. The Labute approximate surface area is 163 Å². The van der Waals surface area contributed by atoms with E-state index >= 15 is 0 Å². The van der Waals surface area contributed by atoms with Crippen molar-refractivity contribution in [1.82, 2.24) is 19.7 Å². The van der Waals surface area contributed by atoms with Crippen LogP contribution in [-0.2, 0) is 10.0 Å². The lowest BCUT2D eigenvalue weighted by atomic mass is 10.3. The minimum atomic E-state index is -4.20. The summed E-state index contributed by atoms with van der Waals surface area (Å²) in [6.07, 6.45) is 0. The van der Waals surface area contributed by atoms with Crippen molar-refractivity contribution in [2.75, 3.05) is 0 Å². The lowest BCUT2D eigenvalue weighted by Gasteiger charge is -2.08. The molecule has 2 aromatic carbocycles. The molecule has 1 amide bonds. The average molecular weight is 429 g/mol. The van der Waals surface area contributed by atoms with Gasteiger partial charge in [-0.1, -0.05) is 28.4 Å². The van der Waals surface area contributed by atoms with Crippen molar-refractivity contribution < 1.29 is 17.6 Å². The maximum Gasteiger partial charge on any atom is 0.287 e. The number of rotatable bonds is 4. The summed E-state index contributed by atoms with van der Waals surface area (Å²) in [6.45, 7) is 1.52. The van der Waals surface area contributed by atoms with Crippen molar-refractivity contribution in [2.45, 2.75) is 11.8 Å². The number of hydrogen-bond donors (Lipinski definition) is 1. The van der Waals surface area contributed by atoms with Gasteiger partial charge in [0.15, 0.2) is 5.69 Å². The van der Waals surface area contributed by atoms with Gasteiger partial charge in [0.05, 0.1) is 21.3 Å². The molecule has 0 saturated heterocycles. The van der Waals surface area contributed by atoms with Gasteiger partial charge in [-0.3, -0.25) is 4.79 Å². The van der Waals surface area contributed by atoms with Crippen LogP contribution in [0.4, 0.5) is 4.39 Å². The standard InChI is InChI=1S/C16H11Cl2FN4O3S/c1-9-15(20-22-23(9)14-8-10(17)2-7-13(14)18)16(24)21-27(25,26)12-5-3-11(19)4-6-12/h2-8H,1H3,(H,21,24). The van der Waals surface area contributed by atoms with Crippen LogP contribution in [0, 0.1) is 12.7 Å². The predicted octanol–water partition coefficient (Wildman–Crippen LogP) is 3.14. The minimum Gasteiger partial charge on any atom is -0.266 e. The zero-order valence-corrected chi connectivity index (χ0v) is 16.0. The maximum absolute atomic E-state index is 13.0. The molecular formula is C16H11Cl2FN4O3S. The fraction of sp³-hybridized carbons (Fsp3) is 0.0625. The van der Waals surface area contributed by atoms with E-state index in [4.69, 9.17) is 23.2 Å². The Morgan fingerprint density at radius 1 is 1.15 bits per heavy atom. The van der Waals surface area contributed by atoms with E-state index < -0.39 is 21.7 Å². The van der Waals surface area contributed by atoms with Gasteiger partial charge in [0.25, 0.3) is 15.9 Å². The molecule has 3 aromatic rings. The Morgan fingerprint density at radius 2 is 1.81 bits per heavy atom. The van der Waals surface area contributed by atoms with Crippen molar-refractivity contribution in [1.29, 1.82) is 0 Å². The number of hydrogen-bond acceptors (Lipinski definition) is 5. The van der Waals surface area contributed by atoms with Gasteiger partial charge in [-0.2, -0.15) is 0 Å². The second kappa shape index (κ2) is 7.26. The van der Waals surface area contributed by atoms with Crippen molar-refractivity contribution in [3.05, 3.63) is 69.7 Å². The van der Waals surface area contributed by atoms with Gasteiger partial charge in [0, 0.05) is 5.02 Å². The molecule has 1 aromatic heterocycles. The highest BCUT2D eigenvalue weighted by Crippen LogP contribution is 2.25. The second-order valence-corrected chi connectivity index (χ2v) is 7.95. The molecular weight excluding hydrogens is 418 g/mol. The SMILES string of the molecule is Cc1c(C(=O)NS(=O)(=O)c2ccc(F)cc2)nnn1-c1cc(Cl)ccc1Cl. The summed E-state index contributed by atoms with van der Waals surface area (Å²) < 4.78 is 40.6. The quantitative estimate of drug-likeness (QED) is 0.688. The third-order valence-electron chi connectivity index (χ3n) is 3.60. The first-order valence-electron chi connectivity index (χ1n) is 7.39. The predicted molar refractivity (Wildman–Crippen MR) is 97.2 cm³/mol. The van der Waals surface area contributed by atoms with E-state index in [2.05, 4.69) is 10.3 Å². The summed E-state index contributed by atoms with van der Waals surface area (Å²) >= 11 is 12.1. The number of nitrogens with one attached hydrogen (secondary N) is 1. The number of amides is 1. The Bertz CT molecular complexity index is 1130. The molecule has 0 aliphatic heterocycles. The molecule has 0 saturated carbocycles. The molecule has 0 unspecified atom stereocenters. The van der Waals surface area contributed by atoms with Crippen LogP contribution in [0.2, 0.25) is 10.0 Å². The fourth-order valence-corrected chi connectivity index (χ4v) is 3.58. The molecule has 0 radical (unpaired) electrons. The molecule has 0 fully saturated rings. The summed E-state index contributed by atoms with van der Waals surface area (Å²) in [5, 5.41) is 8.29. The molecule has 1 heterocycles. The maximum atomic E-state index is 13.0. The van der Waals surface area contributed by atoms with Gasteiger partial charge < -0.3 is 0 Å². The van der Waals surface area contributed by atoms with E-state index in [-0.39, 0.29) is 16.3 Å². The largest absolute Gasteiger partial charge is 0.287 e. The van der Waals surface area contributed by atoms with Gasteiger partial charge in [0.2, 0.25) is 0 Å². The highest BCUT2D eigenvalue weighted by atomic mass is 35.5. The third-order valence-corrected chi connectivity index (χ3v) is 5.50. The van der Waals surface area contributed by atoms with Crippen LogP contribution in [0.3, 0.4) is 0 Å². The molecule has 27 heavy (non-hydrogen) atoms. The lowest BCUT2D eigenvalue weighted by Crippen LogP contribution is -2.31. The number of carbonyl (C=O) groups excluding carboxylic acids is 1. The van der Waals surface area contributed by atoms with Crippen LogP contribution in [0.25, 0.3) is 5.69 Å². The topological polar surface area (TPSA) is 93.9 Å². The van der Waals surface area contributed by atoms with Crippen molar-refractivity contribution >= 4 is 39.1 Å².